The molecule has 0 spiro atoms. The van der Waals surface area contributed by atoms with Crippen molar-refractivity contribution in [1.82, 2.24) is 14.6 Å². The smallest absolute Gasteiger partial charge is 0.252 e. The van der Waals surface area contributed by atoms with Gasteiger partial charge in [-0.2, -0.15) is 4.31 Å². The highest BCUT2D eigenvalue weighted by Gasteiger charge is 2.31. The maximum atomic E-state index is 12.6. The molecule has 2 aromatic heterocycles. The van der Waals surface area contributed by atoms with E-state index in [0.717, 1.165) is 24.5 Å². The summed E-state index contributed by atoms with van der Waals surface area (Å²) in [6.07, 6.45) is 5.97. The van der Waals surface area contributed by atoms with Gasteiger partial charge in [0.2, 0.25) is 0 Å². The Morgan fingerprint density at radius 3 is 3.00 bits per heavy atom. The van der Waals surface area contributed by atoms with Gasteiger partial charge in [0.1, 0.15) is 9.97 Å². The zero-order valence-electron chi connectivity index (χ0n) is 13.3. The molecule has 2 aliphatic rings. The van der Waals surface area contributed by atoms with Crippen molar-refractivity contribution < 1.29 is 12.8 Å². The summed E-state index contributed by atoms with van der Waals surface area (Å²) < 4.78 is 33.0. The SMILES string of the molecule is O=S(=O)(c1cccs1)N1CCC[C@@H](NCc2cnc(C3CC3)o2)C1. The lowest BCUT2D eigenvalue weighted by atomic mass is 10.1. The number of piperidine rings is 1. The fraction of sp³-hybridized carbons (Fsp3) is 0.562. The molecule has 2 fully saturated rings. The first kappa shape index (κ1) is 16.3. The lowest BCUT2D eigenvalue weighted by molar-refractivity contribution is 0.277. The van der Waals surface area contributed by atoms with E-state index in [2.05, 4.69) is 10.3 Å². The van der Waals surface area contributed by atoms with E-state index in [-0.39, 0.29) is 6.04 Å². The Morgan fingerprint density at radius 2 is 2.25 bits per heavy atom. The van der Waals surface area contributed by atoms with Gasteiger partial charge in [-0.1, -0.05) is 6.07 Å². The number of aromatic nitrogens is 1. The van der Waals surface area contributed by atoms with Gasteiger partial charge in [0.25, 0.3) is 10.0 Å². The van der Waals surface area contributed by atoms with E-state index in [0.29, 0.717) is 29.8 Å². The molecule has 1 saturated heterocycles. The standard InChI is InChI=1S/C16H21N3O3S2/c20-24(21,15-4-2-8-23-15)19-7-1-3-13(11-19)17-9-14-10-18-16(22-14)12-5-6-12/h2,4,8,10,12-13,17H,1,3,5-7,9,11H2/t13-/m1/s1. The molecule has 4 rings (SSSR count). The Labute approximate surface area is 145 Å². The van der Waals surface area contributed by atoms with Crippen molar-refractivity contribution in [1.29, 1.82) is 0 Å². The number of thiophene rings is 1. The van der Waals surface area contributed by atoms with E-state index >= 15 is 0 Å². The van der Waals surface area contributed by atoms with Gasteiger partial charge in [-0.3, -0.25) is 0 Å². The predicted octanol–water partition coefficient (Wildman–Crippen LogP) is 2.56. The minimum Gasteiger partial charge on any atom is -0.444 e. The van der Waals surface area contributed by atoms with Gasteiger partial charge in [0.05, 0.1) is 12.7 Å². The second kappa shape index (κ2) is 6.59. The minimum atomic E-state index is -3.36. The van der Waals surface area contributed by atoms with Crippen LogP contribution in [-0.2, 0) is 16.6 Å². The van der Waals surface area contributed by atoms with Crippen LogP contribution in [0.3, 0.4) is 0 Å². The third-order valence-corrected chi connectivity index (χ3v) is 7.77. The predicted molar refractivity (Wildman–Crippen MR) is 91.4 cm³/mol. The molecule has 130 valence electrons. The van der Waals surface area contributed by atoms with Gasteiger partial charge in [0, 0.05) is 25.0 Å². The molecule has 1 aliphatic heterocycles. The van der Waals surface area contributed by atoms with Crippen LogP contribution in [-0.4, -0.2) is 36.8 Å². The average molecular weight is 367 g/mol. The number of oxazole rings is 1. The average Bonchev–Trinajstić information content (AvgIpc) is 3.11. The Balaban J connectivity index is 1.36. The van der Waals surface area contributed by atoms with Crippen LogP contribution in [0, 0.1) is 0 Å². The first-order chi connectivity index (χ1) is 11.6. The zero-order valence-corrected chi connectivity index (χ0v) is 15.0. The van der Waals surface area contributed by atoms with Crippen LogP contribution >= 0.6 is 11.3 Å². The topological polar surface area (TPSA) is 75.4 Å². The molecule has 6 nitrogen and oxygen atoms in total. The summed E-state index contributed by atoms with van der Waals surface area (Å²) in [6.45, 7) is 1.69. The Bertz CT molecular complexity index is 781. The Kier molecular flexibility index (Phi) is 4.46. The molecule has 8 heteroatoms. The second-order valence-corrected chi connectivity index (χ2v) is 9.57. The normalized spacial score (nSPS) is 22.8. The van der Waals surface area contributed by atoms with Gasteiger partial charge in [-0.05, 0) is 37.1 Å². The summed E-state index contributed by atoms with van der Waals surface area (Å²) in [4.78, 5) is 4.32. The van der Waals surface area contributed by atoms with Crippen molar-refractivity contribution in [2.24, 2.45) is 0 Å². The van der Waals surface area contributed by atoms with Gasteiger partial charge >= 0.3 is 0 Å². The largest absolute Gasteiger partial charge is 0.444 e. The van der Waals surface area contributed by atoms with Gasteiger partial charge < -0.3 is 9.73 Å². The highest BCUT2D eigenvalue weighted by molar-refractivity contribution is 7.91. The quantitative estimate of drug-likeness (QED) is 0.849. The molecule has 2 aromatic rings. The minimum absolute atomic E-state index is 0.142. The maximum Gasteiger partial charge on any atom is 0.252 e. The first-order valence-electron chi connectivity index (χ1n) is 8.34. The third kappa shape index (κ3) is 3.42. The molecule has 1 aliphatic carbocycles. The van der Waals surface area contributed by atoms with Crippen molar-refractivity contribution in [3.05, 3.63) is 35.4 Å². The van der Waals surface area contributed by atoms with E-state index in [1.807, 2.05) is 0 Å². The number of sulfonamides is 1. The van der Waals surface area contributed by atoms with Crippen LogP contribution in [0.2, 0.25) is 0 Å². The molecule has 3 heterocycles. The van der Waals surface area contributed by atoms with Gasteiger partial charge in [-0.15, -0.1) is 11.3 Å². The summed E-state index contributed by atoms with van der Waals surface area (Å²) in [5.41, 5.74) is 0. The van der Waals surface area contributed by atoms with Crippen molar-refractivity contribution in [3.63, 3.8) is 0 Å². The van der Waals surface area contributed by atoms with Crippen LogP contribution in [0.15, 0.2) is 32.3 Å². The number of rotatable bonds is 6. The fourth-order valence-corrected chi connectivity index (χ4v) is 5.70. The third-order valence-electron chi connectivity index (χ3n) is 4.54. The lowest BCUT2D eigenvalue weighted by Crippen LogP contribution is -2.47. The van der Waals surface area contributed by atoms with Crippen LogP contribution in [0.25, 0.3) is 0 Å². The van der Waals surface area contributed by atoms with E-state index in [1.54, 1.807) is 28.0 Å². The van der Waals surface area contributed by atoms with Gasteiger partial charge in [-0.25, -0.2) is 13.4 Å². The van der Waals surface area contributed by atoms with Crippen molar-refractivity contribution in [3.8, 4) is 0 Å². The molecule has 1 atom stereocenters. The van der Waals surface area contributed by atoms with E-state index in [9.17, 15) is 8.42 Å². The molecule has 1 N–H and O–H groups in total. The van der Waals surface area contributed by atoms with Crippen LogP contribution in [0.1, 0.15) is 43.3 Å². The Morgan fingerprint density at radius 1 is 1.38 bits per heavy atom. The molecular formula is C16H21N3O3S2. The summed E-state index contributed by atoms with van der Waals surface area (Å²) >= 11 is 1.27. The van der Waals surface area contributed by atoms with E-state index < -0.39 is 10.0 Å². The number of nitrogens with one attached hydrogen (secondary N) is 1. The van der Waals surface area contributed by atoms with Crippen LogP contribution in [0.4, 0.5) is 0 Å². The zero-order chi connectivity index (χ0) is 16.6. The van der Waals surface area contributed by atoms with Gasteiger partial charge in [0.15, 0.2) is 5.89 Å². The molecule has 0 bridgehead atoms. The summed E-state index contributed by atoms with van der Waals surface area (Å²) in [6, 6.07) is 3.59. The molecule has 1 saturated carbocycles. The lowest BCUT2D eigenvalue weighted by Gasteiger charge is -2.31. The van der Waals surface area contributed by atoms with Crippen molar-refractivity contribution >= 4 is 21.4 Å². The fourth-order valence-electron chi connectivity index (χ4n) is 3.03. The number of hydrogen-bond acceptors (Lipinski definition) is 6. The molecular weight excluding hydrogens is 346 g/mol. The second-order valence-electron chi connectivity index (χ2n) is 6.45. The molecule has 0 amide bonds. The molecule has 0 unspecified atom stereocenters. The van der Waals surface area contributed by atoms with Crippen molar-refractivity contribution in [2.45, 2.75) is 48.4 Å². The summed E-state index contributed by atoms with van der Waals surface area (Å²) in [5, 5.41) is 5.22. The molecule has 0 aromatic carbocycles. The molecule has 0 radical (unpaired) electrons. The number of nitrogens with zero attached hydrogens (tertiary/aromatic N) is 2. The summed E-state index contributed by atoms with van der Waals surface area (Å²) in [5.74, 6) is 2.19. The highest BCUT2D eigenvalue weighted by Crippen LogP contribution is 2.39. The van der Waals surface area contributed by atoms with Crippen LogP contribution in [0.5, 0.6) is 0 Å². The molecule has 24 heavy (non-hydrogen) atoms. The monoisotopic (exact) mass is 367 g/mol. The number of hydrogen-bond donors (Lipinski definition) is 1. The van der Waals surface area contributed by atoms with E-state index in [1.165, 1.54) is 24.2 Å². The Hall–Kier alpha value is -1.22. The van der Waals surface area contributed by atoms with Crippen LogP contribution < -0.4 is 5.32 Å². The maximum absolute atomic E-state index is 12.6. The first-order valence-corrected chi connectivity index (χ1v) is 10.7. The highest BCUT2D eigenvalue weighted by atomic mass is 32.2. The van der Waals surface area contributed by atoms with Crippen molar-refractivity contribution in [2.75, 3.05) is 13.1 Å². The van der Waals surface area contributed by atoms with E-state index in [4.69, 9.17) is 4.42 Å². The summed E-state index contributed by atoms with van der Waals surface area (Å²) in [7, 11) is -3.36.